The number of piperazine rings is 1. The van der Waals surface area contributed by atoms with Crippen molar-refractivity contribution in [3.05, 3.63) is 58.4 Å². The van der Waals surface area contributed by atoms with Gasteiger partial charge in [-0.15, -0.1) is 0 Å². The van der Waals surface area contributed by atoms with E-state index in [0.29, 0.717) is 0 Å². The second kappa shape index (κ2) is 8.19. The van der Waals surface area contributed by atoms with E-state index in [4.69, 9.17) is 4.98 Å². The Kier molecular flexibility index (Phi) is 5.60. The van der Waals surface area contributed by atoms with Crippen molar-refractivity contribution in [1.82, 2.24) is 24.6 Å². The third-order valence-electron chi connectivity index (χ3n) is 6.13. The van der Waals surface area contributed by atoms with Gasteiger partial charge in [0, 0.05) is 45.5 Å². The maximum atomic E-state index is 13.5. The Morgan fingerprint density at radius 3 is 2.47 bits per heavy atom. The second-order valence-electron chi connectivity index (χ2n) is 8.65. The third-order valence-corrected chi connectivity index (χ3v) is 6.13. The van der Waals surface area contributed by atoms with E-state index in [-0.39, 0.29) is 11.8 Å². The molecule has 158 valence electrons. The average molecular weight is 406 g/mol. The molecule has 0 bridgehead atoms. The van der Waals surface area contributed by atoms with E-state index < -0.39 is 0 Å². The fraction of sp³-hybridized carbons (Fsp3) is 0.458. The standard InChI is InChI=1S/C24H31N5O/c1-16(2)21-14-20(22-18(4)26-27(5)23(22)25-21)24(30)29-12-10-28(11-13-29)15-19-9-7-6-8-17(19)3/h6-9,14,16H,10-13,15H2,1-5H3. The molecule has 4 rings (SSSR count). The molecule has 3 heterocycles. The second-order valence-corrected chi connectivity index (χ2v) is 8.65. The summed E-state index contributed by atoms with van der Waals surface area (Å²) in [5, 5.41) is 5.40. The van der Waals surface area contributed by atoms with E-state index in [1.54, 1.807) is 4.68 Å². The van der Waals surface area contributed by atoms with E-state index in [9.17, 15) is 4.79 Å². The topological polar surface area (TPSA) is 54.3 Å². The van der Waals surface area contributed by atoms with E-state index in [2.05, 4.69) is 55.0 Å². The minimum atomic E-state index is 0.0935. The third kappa shape index (κ3) is 3.84. The highest BCUT2D eigenvalue weighted by atomic mass is 16.2. The van der Waals surface area contributed by atoms with Gasteiger partial charge in [-0.25, -0.2) is 4.98 Å². The molecule has 1 aliphatic rings. The molecule has 2 aromatic heterocycles. The summed E-state index contributed by atoms with van der Waals surface area (Å²) in [5.74, 6) is 0.345. The van der Waals surface area contributed by atoms with Gasteiger partial charge in [-0.2, -0.15) is 5.10 Å². The molecule has 1 aliphatic heterocycles. The summed E-state index contributed by atoms with van der Waals surface area (Å²) in [4.78, 5) is 22.7. The van der Waals surface area contributed by atoms with Gasteiger partial charge in [0.25, 0.3) is 5.91 Å². The lowest BCUT2D eigenvalue weighted by Crippen LogP contribution is -2.48. The maximum Gasteiger partial charge on any atom is 0.254 e. The number of carbonyl (C=O) groups is 1. The molecular weight excluding hydrogens is 374 g/mol. The van der Waals surface area contributed by atoms with Crippen molar-refractivity contribution in [2.24, 2.45) is 7.05 Å². The van der Waals surface area contributed by atoms with Gasteiger partial charge < -0.3 is 4.90 Å². The first-order valence-corrected chi connectivity index (χ1v) is 10.8. The fourth-order valence-corrected chi connectivity index (χ4v) is 4.24. The number of fused-ring (bicyclic) bond motifs is 1. The molecule has 6 heteroatoms. The molecule has 1 saturated heterocycles. The molecule has 30 heavy (non-hydrogen) atoms. The zero-order valence-electron chi connectivity index (χ0n) is 18.6. The van der Waals surface area contributed by atoms with Crippen LogP contribution in [0.25, 0.3) is 11.0 Å². The monoisotopic (exact) mass is 405 g/mol. The van der Waals surface area contributed by atoms with Crippen molar-refractivity contribution in [1.29, 1.82) is 0 Å². The summed E-state index contributed by atoms with van der Waals surface area (Å²) >= 11 is 0. The van der Waals surface area contributed by atoms with Gasteiger partial charge in [-0.05, 0) is 37.0 Å². The zero-order chi connectivity index (χ0) is 21.4. The zero-order valence-corrected chi connectivity index (χ0v) is 18.6. The number of pyridine rings is 1. The molecule has 3 aromatic rings. The minimum absolute atomic E-state index is 0.0935. The molecule has 0 N–H and O–H groups in total. The van der Waals surface area contributed by atoms with Crippen LogP contribution in [-0.4, -0.2) is 56.7 Å². The fourth-order valence-electron chi connectivity index (χ4n) is 4.24. The summed E-state index contributed by atoms with van der Waals surface area (Å²) in [6.07, 6.45) is 0. The van der Waals surface area contributed by atoms with Crippen LogP contribution in [0, 0.1) is 13.8 Å². The number of carbonyl (C=O) groups excluding carboxylic acids is 1. The molecular formula is C24H31N5O. The van der Waals surface area contributed by atoms with Crippen LogP contribution in [0.1, 0.15) is 52.6 Å². The highest BCUT2D eigenvalue weighted by Crippen LogP contribution is 2.26. The largest absolute Gasteiger partial charge is 0.336 e. The highest BCUT2D eigenvalue weighted by molar-refractivity contribution is 6.06. The van der Waals surface area contributed by atoms with Crippen LogP contribution in [0.2, 0.25) is 0 Å². The van der Waals surface area contributed by atoms with Crippen LogP contribution in [0.3, 0.4) is 0 Å². The van der Waals surface area contributed by atoms with Gasteiger partial charge in [0.15, 0.2) is 5.65 Å². The summed E-state index contributed by atoms with van der Waals surface area (Å²) in [5.41, 5.74) is 6.01. The Bertz CT molecular complexity index is 1080. The Hall–Kier alpha value is -2.73. The normalized spacial score (nSPS) is 15.3. The van der Waals surface area contributed by atoms with Gasteiger partial charge in [0.1, 0.15) is 0 Å². The van der Waals surface area contributed by atoms with Crippen LogP contribution in [0.4, 0.5) is 0 Å². The van der Waals surface area contributed by atoms with Crippen LogP contribution >= 0.6 is 0 Å². The highest BCUT2D eigenvalue weighted by Gasteiger charge is 2.26. The average Bonchev–Trinajstić information content (AvgIpc) is 3.03. The van der Waals surface area contributed by atoms with E-state index >= 15 is 0 Å². The number of aryl methyl sites for hydroxylation is 3. The Labute approximate surface area is 178 Å². The SMILES string of the molecule is Cc1ccccc1CN1CCN(C(=O)c2cc(C(C)C)nc3c2c(C)nn3C)CC1. The van der Waals surface area contributed by atoms with Gasteiger partial charge in [0.2, 0.25) is 0 Å². The molecule has 0 atom stereocenters. The summed E-state index contributed by atoms with van der Waals surface area (Å²) < 4.78 is 1.79. The van der Waals surface area contributed by atoms with E-state index in [1.807, 2.05) is 24.9 Å². The van der Waals surface area contributed by atoms with Crippen LogP contribution in [0.5, 0.6) is 0 Å². The lowest BCUT2D eigenvalue weighted by atomic mass is 10.0. The van der Waals surface area contributed by atoms with E-state index in [1.165, 1.54) is 11.1 Å². The smallest absolute Gasteiger partial charge is 0.254 e. The number of aromatic nitrogens is 3. The predicted molar refractivity (Wildman–Crippen MR) is 120 cm³/mol. The first-order valence-electron chi connectivity index (χ1n) is 10.8. The first-order chi connectivity index (χ1) is 14.3. The van der Waals surface area contributed by atoms with Gasteiger partial charge in [-0.3, -0.25) is 14.4 Å². The molecule has 0 aliphatic carbocycles. The molecule has 1 fully saturated rings. The number of benzene rings is 1. The minimum Gasteiger partial charge on any atom is -0.336 e. The Morgan fingerprint density at radius 2 is 1.80 bits per heavy atom. The lowest BCUT2D eigenvalue weighted by Gasteiger charge is -2.35. The van der Waals surface area contributed by atoms with E-state index in [0.717, 1.165) is 60.7 Å². The summed E-state index contributed by atoms with van der Waals surface area (Å²) in [7, 11) is 1.89. The molecule has 0 saturated carbocycles. The predicted octanol–water partition coefficient (Wildman–Crippen LogP) is 3.67. The number of hydrogen-bond donors (Lipinski definition) is 0. The molecule has 0 radical (unpaired) electrons. The Balaban J connectivity index is 1.54. The Morgan fingerprint density at radius 1 is 1.10 bits per heavy atom. The molecule has 0 unspecified atom stereocenters. The number of hydrogen-bond acceptors (Lipinski definition) is 4. The first kappa shape index (κ1) is 20.5. The van der Waals surface area contributed by atoms with Crippen molar-refractivity contribution < 1.29 is 4.79 Å². The summed E-state index contributed by atoms with van der Waals surface area (Å²) in [6.45, 7) is 12.5. The van der Waals surface area contributed by atoms with Crippen molar-refractivity contribution in [3.63, 3.8) is 0 Å². The van der Waals surface area contributed by atoms with Gasteiger partial charge in [0.05, 0.1) is 16.6 Å². The van der Waals surface area contributed by atoms with Gasteiger partial charge in [-0.1, -0.05) is 38.1 Å². The lowest BCUT2D eigenvalue weighted by molar-refractivity contribution is 0.0630. The van der Waals surface area contributed by atoms with Crippen LogP contribution in [0.15, 0.2) is 30.3 Å². The molecule has 1 aromatic carbocycles. The quantitative estimate of drug-likeness (QED) is 0.665. The molecule has 0 spiro atoms. The molecule has 1 amide bonds. The van der Waals surface area contributed by atoms with Gasteiger partial charge >= 0.3 is 0 Å². The number of rotatable bonds is 4. The van der Waals surface area contributed by atoms with Crippen LogP contribution < -0.4 is 0 Å². The number of amides is 1. The number of nitrogens with zero attached hydrogens (tertiary/aromatic N) is 5. The van der Waals surface area contributed by atoms with Crippen molar-refractivity contribution in [2.75, 3.05) is 26.2 Å². The maximum absolute atomic E-state index is 13.5. The van der Waals surface area contributed by atoms with Crippen molar-refractivity contribution in [2.45, 2.75) is 40.2 Å². The summed E-state index contributed by atoms with van der Waals surface area (Å²) in [6, 6.07) is 10.5. The molecule has 6 nitrogen and oxygen atoms in total. The van der Waals surface area contributed by atoms with Crippen LogP contribution in [-0.2, 0) is 13.6 Å². The van der Waals surface area contributed by atoms with Crippen molar-refractivity contribution in [3.8, 4) is 0 Å². The van der Waals surface area contributed by atoms with Crippen molar-refractivity contribution >= 4 is 16.9 Å².